The lowest BCUT2D eigenvalue weighted by Crippen LogP contribution is -2.15. The number of benzene rings is 1. The molecule has 0 aliphatic rings. The summed E-state index contributed by atoms with van der Waals surface area (Å²) in [6.45, 7) is 1.86. The highest BCUT2D eigenvalue weighted by Gasteiger charge is 2.33. The van der Waals surface area contributed by atoms with Crippen molar-refractivity contribution in [1.82, 2.24) is 0 Å². The molecule has 10 heteroatoms. The van der Waals surface area contributed by atoms with E-state index in [1.54, 1.807) is 24.3 Å². The summed E-state index contributed by atoms with van der Waals surface area (Å²) in [7, 11) is 0. The van der Waals surface area contributed by atoms with Gasteiger partial charge in [0.1, 0.15) is 0 Å². The van der Waals surface area contributed by atoms with Gasteiger partial charge < -0.3 is 0 Å². The van der Waals surface area contributed by atoms with E-state index < -0.39 is 8.84 Å². The molecule has 1 aromatic rings. The van der Waals surface area contributed by atoms with E-state index in [0.29, 0.717) is 5.88 Å². The topological polar surface area (TPSA) is 43.1 Å². The monoisotopic (exact) mass is 421 g/mol. The summed E-state index contributed by atoms with van der Waals surface area (Å²) in [6.07, 6.45) is 0. The Kier molecular flexibility index (Phi) is 14.0. The Morgan fingerprint density at radius 1 is 1.15 bits per heavy atom. The highest BCUT2D eigenvalue weighted by Crippen LogP contribution is 2.25. The summed E-state index contributed by atoms with van der Waals surface area (Å²) in [5.41, 5.74) is 0. The predicted octanol–water partition coefficient (Wildman–Crippen LogP) is 6.44. The highest BCUT2D eigenvalue weighted by atomic mass is 35.6. The van der Waals surface area contributed by atoms with Crippen LogP contribution in [0.3, 0.4) is 0 Å². The molecule has 0 N–H and O–H groups in total. The first-order chi connectivity index (χ1) is 9.00. The maximum atomic E-state index is 9.43. The molecule has 0 bridgehead atoms. The molecule has 116 valence electrons. The third kappa shape index (κ3) is 16.7. The quantitative estimate of drug-likeness (QED) is 0.225. The van der Waals surface area contributed by atoms with Crippen molar-refractivity contribution in [2.75, 3.05) is 5.88 Å². The van der Waals surface area contributed by atoms with E-state index in [9.17, 15) is 10.1 Å². The van der Waals surface area contributed by atoms with Crippen LogP contribution in [0.5, 0.6) is 0 Å². The van der Waals surface area contributed by atoms with Crippen molar-refractivity contribution in [3.05, 3.63) is 44.4 Å². The van der Waals surface area contributed by atoms with Gasteiger partial charge in [0.2, 0.25) is 0 Å². The maximum Gasteiger partial charge on any atom is 0.449 e. The summed E-state index contributed by atoms with van der Waals surface area (Å²) < 4.78 is -2.36. The molecule has 0 saturated carbocycles. The molecule has 1 aromatic carbocycles. The smallest absolute Gasteiger partial charge is 0.260 e. The van der Waals surface area contributed by atoms with E-state index in [1.165, 1.54) is 0 Å². The average molecular weight is 424 g/mol. The molecule has 1 rings (SSSR count). The number of hydrogen-bond acceptors (Lipinski definition) is 2. The number of nitro groups is 1. The lowest BCUT2D eigenvalue weighted by Gasteiger charge is -1.96. The summed E-state index contributed by atoms with van der Waals surface area (Å²) >= 11 is 35.7. The Balaban J connectivity index is 0. The van der Waals surface area contributed by atoms with E-state index in [4.69, 9.17) is 81.2 Å². The molecule has 0 spiro atoms. The zero-order valence-electron chi connectivity index (χ0n) is 10.0. The lowest BCUT2D eigenvalue weighted by molar-refractivity contribution is -0.491. The Hall–Kier alpha value is 0.650. The fourth-order valence-electron chi connectivity index (χ4n) is 0.430. The van der Waals surface area contributed by atoms with Gasteiger partial charge >= 0.3 is 3.92 Å². The number of hydrogen-bond donors (Lipinski definition) is 0. The second kappa shape index (κ2) is 12.2. The van der Waals surface area contributed by atoms with Crippen LogP contribution in [0.2, 0.25) is 10.0 Å². The molecule has 0 aliphatic heterocycles. The first-order valence-corrected chi connectivity index (χ1v) is 7.69. The summed E-state index contributed by atoms with van der Waals surface area (Å²) in [4.78, 5) is 8.41. The van der Waals surface area contributed by atoms with Gasteiger partial charge in [0.25, 0.3) is 0 Å². The molecule has 0 heterocycles. The molecule has 0 radical (unpaired) electrons. The number of halogens is 7. The molecule has 3 nitrogen and oxygen atoms in total. The van der Waals surface area contributed by atoms with Gasteiger partial charge in [-0.2, -0.15) is 0 Å². The molecular formula is C10H10Cl7NO2. The fourth-order valence-corrected chi connectivity index (χ4v) is 0.682. The van der Waals surface area contributed by atoms with E-state index in [0.717, 1.165) is 10.0 Å². The Morgan fingerprint density at radius 2 is 1.35 bits per heavy atom. The zero-order chi connectivity index (χ0) is 16.3. The first-order valence-electron chi connectivity index (χ1n) is 4.83. The van der Waals surface area contributed by atoms with Crippen LogP contribution in [0.15, 0.2) is 24.3 Å². The Morgan fingerprint density at radius 3 is 1.45 bits per heavy atom. The van der Waals surface area contributed by atoms with Crippen LogP contribution in [0.1, 0.15) is 6.92 Å². The summed E-state index contributed by atoms with van der Waals surface area (Å²) in [5, 5.41) is 11.0. The van der Waals surface area contributed by atoms with Crippen molar-refractivity contribution in [3.63, 3.8) is 0 Å². The molecule has 1 unspecified atom stereocenters. The van der Waals surface area contributed by atoms with Crippen molar-refractivity contribution in [1.29, 1.82) is 0 Å². The van der Waals surface area contributed by atoms with Crippen molar-refractivity contribution in [2.45, 2.75) is 16.2 Å². The molecule has 0 aliphatic carbocycles. The van der Waals surface area contributed by atoms with Crippen LogP contribution in [-0.4, -0.2) is 20.1 Å². The van der Waals surface area contributed by atoms with E-state index >= 15 is 0 Å². The standard InChI is InChI=1S/C6H4Cl2.C3H6Cl2.CCl3NO2/c7-5-1-2-6(8)4-3-5;1-3(5)2-4;2-1(3,4)5(6)7/h1-4H;3H,2H2,1H3;. The molecule has 0 saturated heterocycles. The minimum Gasteiger partial charge on any atom is -0.260 e. The lowest BCUT2D eigenvalue weighted by atomic mass is 10.4. The molecule has 0 amide bonds. The second-order valence-electron chi connectivity index (χ2n) is 3.10. The van der Waals surface area contributed by atoms with Gasteiger partial charge in [-0.1, -0.05) is 23.2 Å². The summed E-state index contributed by atoms with van der Waals surface area (Å²) in [5.74, 6) is 0.543. The normalized spacial score (nSPS) is 11.4. The van der Waals surface area contributed by atoms with Crippen LogP contribution in [-0.2, 0) is 0 Å². The van der Waals surface area contributed by atoms with Crippen LogP contribution < -0.4 is 0 Å². The molecule has 20 heavy (non-hydrogen) atoms. The van der Waals surface area contributed by atoms with E-state index in [-0.39, 0.29) is 5.38 Å². The van der Waals surface area contributed by atoms with E-state index in [2.05, 4.69) is 0 Å². The zero-order valence-corrected chi connectivity index (χ0v) is 15.3. The highest BCUT2D eigenvalue weighted by molar-refractivity contribution is 6.65. The van der Waals surface area contributed by atoms with Gasteiger partial charge in [0.15, 0.2) is 0 Å². The van der Waals surface area contributed by atoms with Crippen LogP contribution in [0, 0.1) is 10.1 Å². The maximum absolute atomic E-state index is 9.43. The molecule has 0 aromatic heterocycles. The molecule has 1 atom stereocenters. The minimum absolute atomic E-state index is 0.122. The third-order valence-electron chi connectivity index (χ3n) is 1.22. The van der Waals surface area contributed by atoms with Crippen molar-refractivity contribution < 1.29 is 4.92 Å². The van der Waals surface area contributed by atoms with Gasteiger partial charge in [-0.05, 0) is 66.0 Å². The fraction of sp³-hybridized carbons (Fsp3) is 0.400. The number of nitrogens with zero attached hydrogens (tertiary/aromatic N) is 1. The molecular weight excluding hydrogens is 414 g/mol. The van der Waals surface area contributed by atoms with Crippen molar-refractivity contribution in [2.24, 2.45) is 0 Å². The van der Waals surface area contributed by atoms with Gasteiger partial charge in [0.05, 0.1) is 4.92 Å². The van der Waals surface area contributed by atoms with Crippen molar-refractivity contribution in [3.8, 4) is 0 Å². The first kappa shape index (κ1) is 22.9. The van der Waals surface area contributed by atoms with Crippen molar-refractivity contribution >= 4 is 81.2 Å². The van der Waals surface area contributed by atoms with Crippen LogP contribution in [0.25, 0.3) is 0 Å². The SMILES string of the molecule is CC(Cl)CCl.Clc1ccc(Cl)cc1.O=[N+]([O-])C(Cl)(Cl)Cl. The Bertz CT molecular complexity index is 357. The average Bonchev–Trinajstić information content (AvgIpc) is 2.33. The van der Waals surface area contributed by atoms with Gasteiger partial charge in [-0.3, -0.25) is 10.1 Å². The van der Waals surface area contributed by atoms with Crippen LogP contribution in [0.4, 0.5) is 0 Å². The van der Waals surface area contributed by atoms with Gasteiger partial charge in [0, 0.05) is 21.3 Å². The van der Waals surface area contributed by atoms with Gasteiger partial charge in [-0.15, -0.1) is 23.2 Å². The van der Waals surface area contributed by atoms with Gasteiger partial charge in [-0.25, -0.2) is 0 Å². The second-order valence-corrected chi connectivity index (χ2v) is 7.24. The van der Waals surface area contributed by atoms with Crippen LogP contribution >= 0.6 is 81.2 Å². The number of alkyl halides is 5. The summed E-state index contributed by atoms with van der Waals surface area (Å²) in [6, 6.07) is 7.02. The predicted molar refractivity (Wildman–Crippen MR) is 89.8 cm³/mol. The largest absolute Gasteiger partial charge is 0.449 e. The minimum atomic E-state index is -2.36. The Labute approximate surface area is 152 Å². The molecule has 0 fully saturated rings. The third-order valence-corrected chi connectivity index (χ3v) is 2.92. The number of rotatable bonds is 1. The van der Waals surface area contributed by atoms with E-state index in [1.807, 2.05) is 6.92 Å².